The summed E-state index contributed by atoms with van der Waals surface area (Å²) in [7, 11) is -3.53. The predicted molar refractivity (Wildman–Crippen MR) is 71.7 cm³/mol. The highest BCUT2D eigenvalue weighted by Crippen LogP contribution is 2.26. The summed E-state index contributed by atoms with van der Waals surface area (Å²) in [5.41, 5.74) is 0.526. The smallest absolute Gasteiger partial charge is 0.303 e. The molecule has 112 valence electrons. The minimum absolute atomic E-state index is 0.0866. The first-order valence-electron chi connectivity index (χ1n) is 6.63. The molecule has 0 saturated carbocycles. The monoisotopic (exact) mass is 301 g/mol. The number of H-pyrrole nitrogens is 1. The van der Waals surface area contributed by atoms with Crippen molar-refractivity contribution in [2.24, 2.45) is 5.92 Å². The molecule has 0 amide bonds. The van der Waals surface area contributed by atoms with Gasteiger partial charge >= 0.3 is 5.97 Å². The Morgan fingerprint density at radius 3 is 2.95 bits per heavy atom. The van der Waals surface area contributed by atoms with Gasteiger partial charge in [0, 0.05) is 19.5 Å². The Labute approximate surface area is 118 Å². The summed E-state index contributed by atoms with van der Waals surface area (Å²) >= 11 is 0. The van der Waals surface area contributed by atoms with Crippen molar-refractivity contribution < 1.29 is 18.3 Å². The fourth-order valence-electron chi connectivity index (χ4n) is 2.55. The average Bonchev–Trinajstić information content (AvgIpc) is 2.84. The summed E-state index contributed by atoms with van der Waals surface area (Å²) < 4.78 is 26.5. The van der Waals surface area contributed by atoms with Crippen molar-refractivity contribution in [2.45, 2.75) is 37.5 Å². The second kappa shape index (κ2) is 5.92. The molecule has 1 aliphatic rings. The third kappa shape index (κ3) is 3.18. The number of aryl methyl sites for hydroxylation is 1. The van der Waals surface area contributed by atoms with Crippen LogP contribution >= 0.6 is 0 Å². The van der Waals surface area contributed by atoms with E-state index in [0.717, 1.165) is 12.8 Å². The number of sulfonamides is 1. The van der Waals surface area contributed by atoms with Gasteiger partial charge in [-0.05, 0) is 32.1 Å². The van der Waals surface area contributed by atoms with Gasteiger partial charge in [-0.25, -0.2) is 8.42 Å². The second-order valence-electron chi connectivity index (χ2n) is 5.16. The van der Waals surface area contributed by atoms with Crippen LogP contribution in [0.2, 0.25) is 0 Å². The molecule has 2 rings (SSSR count). The molecule has 1 saturated heterocycles. The quantitative estimate of drug-likeness (QED) is 0.844. The molecule has 7 nitrogen and oxygen atoms in total. The fraction of sp³-hybridized carbons (Fsp3) is 0.667. The molecule has 1 unspecified atom stereocenters. The molecule has 2 N–H and O–H groups in total. The minimum atomic E-state index is -3.53. The first-order chi connectivity index (χ1) is 9.41. The number of nitrogens with one attached hydrogen (secondary N) is 1. The van der Waals surface area contributed by atoms with E-state index >= 15 is 0 Å². The zero-order valence-electron chi connectivity index (χ0n) is 11.4. The first kappa shape index (κ1) is 15.0. The third-order valence-electron chi connectivity index (χ3n) is 3.65. The number of aromatic nitrogens is 2. The van der Waals surface area contributed by atoms with E-state index in [2.05, 4.69) is 10.2 Å². The van der Waals surface area contributed by atoms with Gasteiger partial charge in [-0.2, -0.15) is 9.40 Å². The second-order valence-corrected chi connectivity index (χ2v) is 7.07. The van der Waals surface area contributed by atoms with E-state index in [-0.39, 0.29) is 17.2 Å². The number of carbonyl (C=O) groups is 1. The number of aromatic amines is 1. The highest BCUT2D eigenvalue weighted by atomic mass is 32.2. The molecule has 20 heavy (non-hydrogen) atoms. The lowest BCUT2D eigenvalue weighted by atomic mass is 9.95. The number of hydrogen-bond acceptors (Lipinski definition) is 4. The van der Waals surface area contributed by atoms with Crippen molar-refractivity contribution in [3.8, 4) is 0 Å². The molecule has 1 fully saturated rings. The molecule has 0 aromatic carbocycles. The SMILES string of the molecule is Cc1[nH]ncc1S(=O)(=O)N1CCCC(CCC(=O)O)C1. The first-order valence-corrected chi connectivity index (χ1v) is 8.07. The molecule has 1 aromatic heterocycles. The van der Waals surface area contributed by atoms with Crippen molar-refractivity contribution in [1.29, 1.82) is 0 Å². The number of carboxylic acids is 1. The van der Waals surface area contributed by atoms with Crippen molar-refractivity contribution in [1.82, 2.24) is 14.5 Å². The zero-order chi connectivity index (χ0) is 14.8. The van der Waals surface area contributed by atoms with E-state index in [1.54, 1.807) is 6.92 Å². The molecule has 8 heteroatoms. The van der Waals surface area contributed by atoms with E-state index in [1.165, 1.54) is 10.5 Å². The summed E-state index contributed by atoms with van der Waals surface area (Å²) in [6.07, 6.45) is 3.57. The van der Waals surface area contributed by atoms with Crippen LogP contribution in [0.15, 0.2) is 11.1 Å². The zero-order valence-corrected chi connectivity index (χ0v) is 12.2. The number of carboxylic acid groups (broad SMARTS) is 1. The lowest BCUT2D eigenvalue weighted by Crippen LogP contribution is -2.40. The Bertz CT molecular complexity index is 581. The number of nitrogens with zero attached hydrogens (tertiary/aromatic N) is 2. The van der Waals surface area contributed by atoms with Gasteiger partial charge in [-0.15, -0.1) is 0 Å². The Balaban J connectivity index is 2.09. The maximum atomic E-state index is 12.5. The van der Waals surface area contributed by atoms with Gasteiger partial charge in [0.15, 0.2) is 0 Å². The molecule has 1 aliphatic heterocycles. The Morgan fingerprint density at radius 1 is 1.60 bits per heavy atom. The van der Waals surface area contributed by atoms with Crippen molar-refractivity contribution >= 4 is 16.0 Å². The van der Waals surface area contributed by atoms with Crippen LogP contribution in [-0.2, 0) is 14.8 Å². The molecule has 1 atom stereocenters. The lowest BCUT2D eigenvalue weighted by molar-refractivity contribution is -0.137. The molecular weight excluding hydrogens is 282 g/mol. The summed E-state index contributed by atoms with van der Waals surface area (Å²) in [5.74, 6) is -0.725. The van der Waals surface area contributed by atoms with E-state index in [4.69, 9.17) is 5.11 Å². The van der Waals surface area contributed by atoms with Gasteiger partial charge in [-0.3, -0.25) is 9.89 Å². The van der Waals surface area contributed by atoms with E-state index in [0.29, 0.717) is 25.2 Å². The van der Waals surface area contributed by atoms with Gasteiger partial charge in [-0.1, -0.05) is 0 Å². The number of aliphatic carboxylic acids is 1. The lowest BCUT2D eigenvalue weighted by Gasteiger charge is -2.31. The van der Waals surface area contributed by atoms with E-state index < -0.39 is 16.0 Å². The predicted octanol–water partition coefficient (Wildman–Crippen LogP) is 0.984. The van der Waals surface area contributed by atoms with Crippen molar-refractivity contribution in [3.63, 3.8) is 0 Å². The molecule has 0 aliphatic carbocycles. The van der Waals surface area contributed by atoms with E-state index in [1.807, 2.05) is 0 Å². The number of rotatable bonds is 5. The van der Waals surface area contributed by atoms with Gasteiger partial charge in [0.1, 0.15) is 4.90 Å². The Hall–Kier alpha value is -1.41. The van der Waals surface area contributed by atoms with Crippen molar-refractivity contribution in [3.05, 3.63) is 11.9 Å². The topological polar surface area (TPSA) is 103 Å². The normalized spacial score (nSPS) is 20.9. The van der Waals surface area contributed by atoms with Gasteiger partial charge in [0.2, 0.25) is 10.0 Å². The summed E-state index contributed by atoms with van der Waals surface area (Å²) in [5, 5.41) is 15.1. The van der Waals surface area contributed by atoms with Crippen LogP contribution in [0, 0.1) is 12.8 Å². The summed E-state index contributed by atoms with van der Waals surface area (Å²) in [4.78, 5) is 10.8. The van der Waals surface area contributed by atoms with Crippen LogP contribution < -0.4 is 0 Å². The standard InChI is InChI=1S/C12H19N3O4S/c1-9-11(7-13-14-9)20(18,19)15-6-2-3-10(8-15)4-5-12(16)17/h7,10H,2-6,8H2,1H3,(H,13,14)(H,16,17). The maximum Gasteiger partial charge on any atom is 0.303 e. The van der Waals surface area contributed by atoms with E-state index in [9.17, 15) is 13.2 Å². The highest BCUT2D eigenvalue weighted by Gasteiger charge is 2.31. The summed E-state index contributed by atoms with van der Waals surface area (Å²) in [6, 6.07) is 0. The molecule has 0 bridgehead atoms. The van der Waals surface area contributed by atoms with Gasteiger partial charge in [0.25, 0.3) is 0 Å². The average molecular weight is 301 g/mol. The number of hydrogen-bond donors (Lipinski definition) is 2. The van der Waals surface area contributed by atoms with Crippen LogP contribution in [0.25, 0.3) is 0 Å². The summed E-state index contributed by atoms with van der Waals surface area (Å²) in [6.45, 7) is 2.54. The largest absolute Gasteiger partial charge is 0.481 e. The van der Waals surface area contributed by atoms with Crippen LogP contribution in [0.5, 0.6) is 0 Å². The molecule has 0 spiro atoms. The molecule has 1 aromatic rings. The van der Waals surface area contributed by atoms with Crippen LogP contribution in [0.4, 0.5) is 0 Å². The Kier molecular flexibility index (Phi) is 4.44. The van der Waals surface area contributed by atoms with Crippen LogP contribution in [0.1, 0.15) is 31.4 Å². The van der Waals surface area contributed by atoms with Gasteiger partial charge < -0.3 is 5.11 Å². The molecular formula is C12H19N3O4S. The highest BCUT2D eigenvalue weighted by molar-refractivity contribution is 7.89. The Morgan fingerprint density at radius 2 is 2.35 bits per heavy atom. The van der Waals surface area contributed by atoms with Crippen LogP contribution in [0.3, 0.4) is 0 Å². The minimum Gasteiger partial charge on any atom is -0.481 e. The fourth-order valence-corrected chi connectivity index (χ4v) is 4.22. The number of piperidine rings is 1. The maximum absolute atomic E-state index is 12.5. The molecule has 2 heterocycles. The molecule has 0 radical (unpaired) electrons. The van der Waals surface area contributed by atoms with Gasteiger partial charge in [0.05, 0.1) is 11.9 Å². The third-order valence-corrected chi connectivity index (χ3v) is 5.63. The van der Waals surface area contributed by atoms with Crippen LogP contribution in [-0.4, -0.2) is 47.1 Å². The van der Waals surface area contributed by atoms with Crippen molar-refractivity contribution in [2.75, 3.05) is 13.1 Å².